The number of aryl methyl sites for hydroxylation is 1. The van der Waals surface area contributed by atoms with Crippen LogP contribution in [0.5, 0.6) is 0 Å². The highest BCUT2D eigenvalue weighted by molar-refractivity contribution is 7.99. The smallest absolute Gasteiger partial charge is 0.225 e. The lowest BCUT2D eigenvalue weighted by Crippen LogP contribution is -2.47. The standard InChI is InChI=1S/C21H26N4O2S/c1-16-3-2-4-18(15-16)28-20-19(22-7-8-23-20)24-9-5-17(6-10-24)21(26)25-11-13-27-14-12-25/h2-4,7-8,15,17H,5-6,9-14H2,1H3. The Kier molecular flexibility index (Phi) is 6.12. The Hall–Kier alpha value is -2.12. The summed E-state index contributed by atoms with van der Waals surface area (Å²) in [6, 6.07) is 8.42. The van der Waals surface area contributed by atoms with E-state index in [1.165, 1.54) is 10.5 Å². The molecule has 1 aromatic carbocycles. The Morgan fingerprint density at radius 1 is 1.11 bits per heavy atom. The van der Waals surface area contributed by atoms with Crippen LogP contribution in [-0.4, -0.2) is 60.2 Å². The SMILES string of the molecule is Cc1cccc(Sc2nccnc2N2CCC(C(=O)N3CCOCC3)CC2)c1. The van der Waals surface area contributed by atoms with Crippen molar-refractivity contribution in [3.8, 4) is 0 Å². The third-order valence-corrected chi connectivity index (χ3v) is 6.29. The predicted molar refractivity (Wildman–Crippen MR) is 110 cm³/mol. The molecule has 0 N–H and O–H groups in total. The van der Waals surface area contributed by atoms with E-state index in [0.29, 0.717) is 13.2 Å². The van der Waals surface area contributed by atoms with Crippen molar-refractivity contribution in [1.29, 1.82) is 0 Å². The number of hydrogen-bond donors (Lipinski definition) is 0. The molecule has 28 heavy (non-hydrogen) atoms. The normalized spacial score (nSPS) is 18.3. The lowest BCUT2D eigenvalue weighted by atomic mass is 9.95. The minimum atomic E-state index is 0.110. The van der Waals surface area contributed by atoms with Gasteiger partial charge in [-0.1, -0.05) is 29.5 Å². The van der Waals surface area contributed by atoms with Gasteiger partial charge in [-0.25, -0.2) is 9.97 Å². The summed E-state index contributed by atoms with van der Waals surface area (Å²) in [5, 5.41) is 0.922. The number of anilines is 1. The molecule has 0 aliphatic carbocycles. The minimum absolute atomic E-state index is 0.110. The molecule has 4 rings (SSSR count). The van der Waals surface area contributed by atoms with Gasteiger partial charge >= 0.3 is 0 Å². The van der Waals surface area contributed by atoms with E-state index in [-0.39, 0.29) is 11.8 Å². The van der Waals surface area contributed by atoms with Gasteiger partial charge in [-0.3, -0.25) is 4.79 Å². The van der Waals surface area contributed by atoms with Gasteiger partial charge < -0.3 is 14.5 Å². The topological polar surface area (TPSA) is 58.6 Å². The zero-order valence-electron chi connectivity index (χ0n) is 16.2. The molecular weight excluding hydrogens is 372 g/mol. The molecule has 3 heterocycles. The summed E-state index contributed by atoms with van der Waals surface area (Å²) >= 11 is 1.65. The Labute approximate surface area is 170 Å². The molecule has 2 aliphatic heterocycles. The first kappa shape index (κ1) is 19.2. The number of nitrogens with zero attached hydrogens (tertiary/aromatic N) is 4. The first-order valence-electron chi connectivity index (χ1n) is 9.88. The van der Waals surface area contributed by atoms with Crippen molar-refractivity contribution in [2.45, 2.75) is 29.7 Å². The molecule has 2 fully saturated rings. The number of hydrogen-bond acceptors (Lipinski definition) is 6. The van der Waals surface area contributed by atoms with Gasteiger partial charge in [0.15, 0.2) is 5.82 Å². The van der Waals surface area contributed by atoms with E-state index in [2.05, 4.69) is 46.1 Å². The van der Waals surface area contributed by atoms with Crippen LogP contribution in [0.3, 0.4) is 0 Å². The number of amides is 1. The first-order valence-corrected chi connectivity index (χ1v) is 10.7. The average Bonchev–Trinajstić information content (AvgIpc) is 2.74. The number of piperidine rings is 1. The molecule has 1 aromatic heterocycles. The Balaban J connectivity index is 1.41. The number of morpholine rings is 1. The zero-order valence-corrected chi connectivity index (χ0v) is 17.0. The molecular formula is C21H26N4O2S. The zero-order chi connectivity index (χ0) is 19.3. The molecule has 148 valence electrons. The molecule has 2 aliphatic rings. The van der Waals surface area contributed by atoms with Gasteiger partial charge in [0.25, 0.3) is 0 Å². The van der Waals surface area contributed by atoms with E-state index < -0.39 is 0 Å². The van der Waals surface area contributed by atoms with Crippen molar-refractivity contribution in [1.82, 2.24) is 14.9 Å². The van der Waals surface area contributed by atoms with Gasteiger partial charge in [0.2, 0.25) is 5.91 Å². The van der Waals surface area contributed by atoms with Crippen molar-refractivity contribution in [2.24, 2.45) is 5.92 Å². The maximum Gasteiger partial charge on any atom is 0.225 e. The Morgan fingerprint density at radius 2 is 1.86 bits per heavy atom. The lowest BCUT2D eigenvalue weighted by Gasteiger charge is -2.36. The molecule has 0 atom stereocenters. The van der Waals surface area contributed by atoms with E-state index in [0.717, 1.165) is 49.9 Å². The maximum absolute atomic E-state index is 12.8. The summed E-state index contributed by atoms with van der Waals surface area (Å²) in [7, 11) is 0. The summed E-state index contributed by atoms with van der Waals surface area (Å²) in [4.78, 5) is 27.3. The molecule has 0 unspecified atom stereocenters. The van der Waals surface area contributed by atoms with Gasteiger partial charge in [-0.15, -0.1) is 0 Å². The van der Waals surface area contributed by atoms with Crippen molar-refractivity contribution in [3.63, 3.8) is 0 Å². The predicted octanol–water partition coefficient (Wildman–Crippen LogP) is 3.01. The van der Waals surface area contributed by atoms with Crippen molar-refractivity contribution in [3.05, 3.63) is 42.2 Å². The largest absolute Gasteiger partial charge is 0.378 e. The van der Waals surface area contributed by atoms with Crippen LogP contribution in [0.4, 0.5) is 5.82 Å². The van der Waals surface area contributed by atoms with Gasteiger partial charge in [0.1, 0.15) is 5.03 Å². The second kappa shape index (κ2) is 8.92. The maximum atomic E-state index is 12.8. The highest BCUT2D eigenvalue weighted by Crippen LogP contribution is 2.34. The molecule has 0 radical (unpaired) electrons. The number of benzene rings is 1. The summed E-state index contributed by atoms with van der Waals surface area (Å²) in [6.07, 6.45) is 5.22. The number of ether oxygens (including phenoxy) is 1. The number of rotatable bonds is 4. The van der Waals surface area contributed by atoms with E-state index in [1.807, 2.05) is 4.90 Å². The molecule has 7 heteroatoms. The van der Waals surface area contributed by atoms with Gasteiger partial charge in [-0.05, 0) is 31.9 Å². The van der Waals surface area contributed by atoms with Crippen LogP contribution in [-0.2, 0) is 9.53 Å². The third kappa shape index (κ3) is 4.47. The molecule has 2 aromatic rings. The number of aromatic nitrogens is 2. The second-order valence-corrected chi connectivity index (χ2v) is 8.36. The minimum Gasteiger partial charge on any atom is -0.378 e. The fourth-order valence-corrected chi connectivity index (χ4v) is 4.78. The molecule has 0 bridgehead atoms. The number of carbonyl (C=O) groups is 1. The first-order chi connectivity index (χ1) is 13.7. The lowest BCUT2D eigenvalue weighted by molar-refractivity contribution is -0.140. The summed E-state index contributed by atoms with van der Waals surface area (Å²) in [5.41, 5.74) is 1.23. The highest BCUT2D eigenvalue weighted by Gasteiger charge is 2.30. The van der Waals surface area contributed by atoms with Crippen molar-refractivity contribution >= 4 is 23.5 Å². The van der Waals surface area contributed by atoms with Crippen LogP contribution in [0.2, 0.25) is 0 Å². The summed E-state index contributed by atoms with van der Waals surface area (Å²) in [5.74, 6) is 1.32. The van der Waals surface area contributed by atoms with E-state index >= 15 is 0 Å². The van der Waals surface area contributed by atoms with E-state index in [4.69, 9.17) is 4.74 Å². The summed E-state index contributed by atoms with van der Waals surface area (Å²) in [6.45, 7) is 6.52. The molecule has 1 amide bonds. The third-order valence-electron chi connectivity index (χ3n) is 5.32. The van der Waals surface area contributed by atoms with Crippen LogP contribution in [0, 0.1) is 12.8 Å². The van der Waals surface area contributed by atoms with Crippen LogP contribution < -0.4 is 4.90 Å². The molecule has 0 spiro atoms. The van der Waals surface area contributed by atoms with Crippen molar-refractivity contribution < 1.29 is 9.53 Å². The summed E-state index contributed by atoms with van der Waals surface area (Å²) < 4.78 is 5.36. The molecule has 2 saturated heterocycles. The number of carbonyl (C=O) groups excluding carboxylic acids is 1. The van der Waals surface area contributed by atoms with Crippen molar-refractivity contribution in [2.75, 3.05) is 44.3 Å². The monoisotopic (exact) mass is 398 g/mol. The van der Waals surface area contributed by atoms with Crippen LogP contribution >= 0.6 is 11.8 Å². The van der Waals surface area contributed by atoms with E-state index in [9.17, 15) is 4.79 Å². The second-order valence-electron chi connectivity index (χ2n) is 7.30. The molecule has 6 nitrogen and oxygen atoms in total. The van der Waals surface area contributed by atoms with Gasteiger partial charge in [0.05, 0.1) is 13.2 Å². The van der Waals surface area contributed by atoms with Crippen LogP contribution in [0.15, 0.2) is 46.6 Å². The highest BCUT2D eigenvalue weighted by atomic mass is 32.2. The fourth-order valence-electron chi connectivity index (χ4n) is 3.78. The average molecular weight is 399 g/mol. The van der Waals surface area contributed by atoms with E-state index in [1.54, 1.807) is 24.2 Å². The molecule has 0 saturated carbocycles. The van der Waals surface area contributed by atoms with Gasteiger partial charge in [0, 0.05) is 49.4 Å². The van der Waals surface area contributed by atoms with Crippen LogP contribution in [0.1, 0.15) is 18.4 Å². The Morgan fingerprint density at radius 3 is 2.61 bits per heavy atom. The van der Waals surface area contributed by atoms with Gasteiger partial charge in [-0.2, -0.15) is 0 Å². The van der Waals surface area contributed by atoms with Crippen LogP contribution in [0.25, 0.3) is 0 Å². The Bertz CT molecular complexity index is 818. The quantitative estimate of drug-likeness (QED) is 0.789. The fraction of sp³-hybridized carbons (Fsp3) is 0.476.